The van der Waals surface area contributed by atoms with Gasteiger partial charge in [0.2, 0.25) is 5.95 Å². The first kappa shape index (κ1) is 24.4. The van der Waals surface area contributed by atoms with E-state index >= 15 is 4.39 Å². The lowest BCUT2D eigenvalue weighted by Gasteiger charge is -2.36. The molecule has 1 saturated heterocycles. The van der Waals surface area contributed by atoms with Crippen LogP contribution in [0.3, 0.4) is 0 Å². The van der Waals surface area contributed by atoms with Crippen LogP contribution in [-0.2, 0) is 17.1 Å². The Balaban J connectivity index is 1.33. The summed E-state index contributed by atoms with van der Waals surface area (Å²) in [6, 6.07) is 3.16. The summed E-state index contributed by atoms with van der Waals surface area (Å²) in [5.74, 6) is -3.35. The number of halogens is 3. The Morgan fingerprint density at radius 1 is 1.03 bits per heavy atom. The van der Waals surface area contributed by atoms with Gasteiger partial charge in [0.15, 0.2) is 5.65 Å². The van der Waals surface area contributed by atoms with E-state index in [1.165, 1.54) is 12.1 Å². The molecule has 4 heterocycles. The summed E-state index contributed by atoms with van der Waals surface area (Å²) < 4.78 is 52.7. The van der Waals surface area contributed by atoms with Crippen LogP contribution in [0.2, 0.25) is 0 Å². The Morgan fingerprint density at radius 3 is 2.62 bits per heavy atom. The summed E-state index contributed by atoms with van der Waals surface area (Å²) in [5, 5.41) is 4.51. The first-order chi connectivity index (χ1) is 18.7. The van der Waals surface area contributed by atoms with Crippen molar-refractivity contribution in [2.45, 2.75) is 70.6 Å². The Kier molecular flexibility index (Phi) is 5.45. The van der Waals surface area contributed by atoms with Crippen molar-refractivity contribution in [2.24, 2.45) is 0 Å². The summed E-state index contributed by atoms with van der Waals surface area (Å²) in [6.07, 6.45) is 5.37. The Morgan fingerprint density at radius 2 is 1.82 bits per heavy atom. The summed E-state index contributed by atoms with van der Waals surface area (Å²) in [7, 11) is 0. The van der Waals surface area contributed by atoms with Gasteiger partial charge in [0.1, 0.15) is 23.1 Å². The summed E-state index contributed by atoms with van der Waals surface area (Å²) >= 11 is 0. The van der Waals surface area contributed by atoms with Crippen LogP contribution in [0.4, 0.5) is 19.1 Å². The number of hydrogen-bond acceptors (Lipinski definition) is 7. The number of rotatable bonds is 4. The predicted molar refractivity (Wildman–Crippen MR) is 138 cm³/mol. The van der Waals surface area contributed by atoms with Gasteiger partial charge in [0.25, 0.3) is 5.92 Å². The van der Waals surface area contributed by atoms with Crippen LogP contribution in [0, 0.1) is 19.7 Å². The Bertz CT molecular complexity index is 1620. The van der Waals surface area contributed by atoms with Gasteiger partial charge in [0, 0.05) is 35.9 Å². The number of hydrogen-bond donors (Lipinski definition) is 0. The molecule has 0 bridgehead atoms. The van der Waals surface area contributed by atoms with Crippen molar-refractivity contribution >= 4 is 17.1 Å². The summed E-state index contributed by atoms with van der Waals surface area (Å²) in [6.45, 7) is 6.64. The second kappa shape index (κ2) is 8.70. The maximum Gasteiger partial charge on any atom is 0.273 e. The first-order valence-electron chi connectivity index (χ1n) is 13.4. The molecule has 2 atom stereocenters. The molecule has 7 rings (SSSR count). The minimum absolute atomic E-state index is 0.0289. The lowest BCUT2D eigenvalue weighted by Crippen LogP contribution is -2.43. The molecule has 4 aromatic rings. The normalized spacial score (nSPS) is 22.5. The number of nitrogens with zero attached hydrogens (tertiary/aromatic N) is 7. The van der Waals surface area contributed by atoms with Gasteiger partial charge < -0.3 is 9.64 Å². The average Bonchev–Trinajstić information content (AvgIpc) is 3.54. The zero-order chi connectivity index (χ0) is 27.1. The molecule has 1 aliphatic heterocycles. The van der Waals surface area contributed by atoms with Crippen LogP contribution >= 0.6 is 0 Å². The summed E-state index contributed by atoms with van der Waals surface area (Å²) in [4.78, 5) is 20.8. The third-order valence-corrected chi connectivity index (χ3v) is 7.97. The van der Waals surface area contributed by atoms with Gasteiger partial charge >= 0.3 is 0 Å². The van der Waals surface area contributed by atoms with Crippen LogP contribution in [-0.4, -0.2) is 48.9 Å². The number of anilines is 1. The van der Waals surface area contributed by atoms with E-state index in [4.69, 9.17) is 14.7 Å². The van der Waals surface area contributed by atoms with Gasteiger partial charge in [-0.25, -0.2) is 28.1 Å². The first-order valence-corrected chi connectivity index (χ1v) is 13.4. The quantitative estimate of drug-likeness (QED) is 0.347. The van der Waals surface area contributed by atoms with Gasteiger partial charge in [-0.05, 0) is 51.7 Å². The van der Waals surface area contributed by atoms with Crippen molar-refractivity contribution in [1.82, 2.24) is 29.7 Å². The van der Waals surface area contributed by atoms with Gasteiger partial charge in [-0.2, -0.15) is 10.1 Å². The molecule has 2 fully saturated rings. The second-order valence-electron chi connectivity index (χ2n) is 10.9. The van der Waals surface area contributed by atoms with E-state index < -0.39 is 18.2 Å². The number of benzene rings is 1. The molecule has 3 aromatic heterocycles. The van der Waals surface area contributed by atoms with E-state index in [2.05, 4.69) is 15.1 Å². The number of aryl methyl sites for hydroxylation is 2. The molecule has 39 heavy (non-hydrogen) atoms. The zero-order valence-corrected chi connectivity index (χ0v) is 22.0. The van der Waals surface area contributed by atoms with Crippen molar-refractivity contribution in [3.05, 3.63) is 58.4 Å². The number of alkyl halides is 2. The fraction of sp³-hybridized carbons (Fsp3) is 0.464. The minimum Gasteiger partial charge on any atom is -0.367 e. The van der Waals surface area contributed by atoms with Crippen molar-refractivity contribution in [2.75, 3.05) is 18.0 Å². The van der Waals surface area contributed by atoms with E-state index in [0.29, 0.717) is 47.6 Å². The second-order valence-corrected chi connectivity index (χ2v) is 10.9. The third-order valence-electron chi connectivity index (χ3n) is 7.97. The standard InChI is InChI=1S/C28H28F3N7O/c1-14-11-37(13-22(39-14)17-10-32-38(12-17)18-4-5-18)27-35-24(25-26(36-27)34-16(3)15(2)33-25)20-6-7-21-19(23(20)29)8-9-28(21,30)31/h6-7,10,12,14,18,22H,4-5,8-9,11,13H2,1-3H3/t14-,22+/m1/s1. The molecule has 0 amide bonds. The molecule has 1 saturated carbocycles. The third kappa shape index (κ3) is 4.14. The molecule has 2 aliphatic carbocycles. The van der Waals surface area contributed by atoms with Crippen LogP contribution in [0.25, 0.3) is 22.4 Å². The molecule has 11 heteroatoms. The van der Waals surface area contributed by atoms with Gasteiger partial charge in [-0.1, -0.05) is 6.07 Å². The fourth-order valence-corrected chi connectivity index (χ4v) is 5.59. The molecule has 0 spiro atoms. The minimum atomic E-state index is -3.03. The lowest BCUT2D eigenvalue weighted by atomic mass is 10.0. The van der Waals surface area contributed by atoms with Gasteiger partial charge in [0.05, 0.1) is 36.3 Å². The van der Waals surface area contributed by atoms with Crippen molar-refractivity contribution in [3.8, 4) is 11.3 Å². The van der Waals surface area contributed by atoms with E-state index in [1.807, 2.05) is 42.7 Å². The van der Waals surface area contributed by atoms with Crippen molar-refractivity contribution in [3.63, 3.8) is 0 Å². The number of fused-ring (bicyclic) bond motifs is 2. The highest BCUT2D eigenvalue weighted by molar-refractivity contribution is 5.88. The number of ether oxygens (including phenoxy) is 1. The SMILES string of the molecule is Cc1nc2nc(N3C[C@@H](C)O[C@H](c4cnn(C5CC5)c4)C3)nc(-c3ccc4c(c3F)CCC4(F)F)c2nc1C. The molecule has 202 valence electrons. The molecule has 3 aliphatic rings. The van der Waals surface area contributed by atoms with Crippen LogP contribution < -0.4 is 4.90 Å². The molecule has 0 unspecified atom stereocenters. The fourth-order valence-electron chi connectivity index (χ4n) is 5.59. The largest absolute Gasteiger partial charge is 0.367 e. The van der Waals surface area contributed by atoms with Crippen molar-refractivity contribution < 1.29 is 17.9 Å². The Hall–Kier alpha value is -3.60. The maximum atomic E-state index is 15.8. The van der Waals surface area contributed by atoms with Crippen LogP contribution in [0.15, 0.2) is 24.5 Å². The summed E-state index contributed by atoms with van der Waals surface area (Å²) in [5.41, 5.74) is 3.19. The molecule has 1 aromatic carbocycles. The lowest BCUT2D eigenvalue weighted by molar-refractivity contribution is -0.0178. The van der Waals surface area contributed by atoms with Crippen LogP contribution in [0.5, 0.6) is 0 Å². The van der Waals surface area contributed by atoms with Crippen LogP contribution in [0.1, 0.15) is 66.4 Å². The van der Waals surface area contributed by atoms with E-state index in [-0.39, 0.29) is 41.0 Å². The Labute approximate surface area is 223 Å². The van der Waals surface area contributed by atoms with Crippen molar-refractivity contribution in [1.29, 1.82) is 0 Å². The molecular formula is C28H28F3N7O. The molecule has 8 nitrogen and oxygen atoms in total. The van der Waals surface area contributed by atoms with E-state index in [0.717, 1.165) is 18.4 Å². The molecule has 0 radical (unpaired) electrons. The smallest absolute Gasteiger partial charge is 0.273 e. The number of aromatic nitrogens is 6. The average molecular weight is 536 g/mol. The predicted octanol–water partition coefficient (Wildman–Crippen LogP) is 5.38. The van der Waals surface area contributed by atoms with E-state index in [9.17, 15) is 8.78 Å². The highest BCUT2D eigenvalue weighted by atomic mass is 19.3. The van der Waals surface area contributed by atoms with Gasteiger partial charge in [-0.3, -0.25) is 4.68 Å². The topological polar surface area (TPSA) is 81.9 Å². The molecular weight excluding hydrogens is 507 g/mol. The maximum absolute atomic E-state index is 15.8. The highest BCUT2D eigenvalue weighted by Crippen LogP contribution is 2.45. The van der Waals surface area contributed by atoms with E-state index in [1.54, 1.807) is 0 Å². The monoisotopic (exact) mass is 535 g/mol. The highest BCUT2D eigenvalue weighted by Gasteiger charge is 2.41. The van der Waals surface area contributed by atoms with Gasteiger partial charge in [-0.15, -0.1) is 0 Å². The number of morpholine rings is 1. The molecule has 0 N–H and O–H groups in total. The zero-order valence-electron chi connectivity index (χ0n) is 22.0.